The smallest absolute Gasteiger partial charge is 0.410 e. The maximum Gasteiger partial charge on any atom is 0.410 e. The van der Waals surface area contributed by atoms with Crippen molar-refractivity contribution in [3.05, 3.63) is 28.2 Å². The van der Waals surface area contributed by atoms with E-state index in [2.05, 4.69) is 33.0 Å². The molecule has 27 heavy (non-hydrogen) atoms. The largest absolute Gasteiger partial charge is 0.491 e. The van der Waals surface area contributed by atoms with E-state index in [9.17, 15) is 4.79 Å². The molecule has 6 heteroatoms. The van der Waals surface area contributed by atoms with Gasteiger partial charge in [0.2, 0.25) is 0 Å². The number of amides is 1. The predicted molar refractivity (Wildman–Crippen MR) is 110 cm³/mol. The lowest BCUT2D eigenvalue weighted by atomic mass is 10.1. The van der Waals surface area contributed by atoms with Crippen molar-refractivity contribution in [1.29, 1.82) is 0 Å². The second-order valence-corrected chi connectivity index (χ2v) is 9.94. The Morgan fingerprint density at radius 3 is 2.52 bits per heavy atom. The van der Waals surface area contributed by atoms with Gasteiger partial charge in [-0.1, -0.05) is 15.9 Å². The Kier molecular flexibility index (Phi) is 5.78. The quantitative estimate of drug-likeness (QED) is 0.675. The van der Waals surface area contributed by atoms with Gasteiger partial charge in [-0.25, -0.2) is 4.79 Å². The van der Waals surface area contributed by atoms with Crippen LogP contribution in [0.25, 0.3) is 0 Å². The highest BCUT2D eigenvalue weighted by atomic mass is 79.9. The van der Waals surface area contributed by atoms with Crippen LogP contribution in [0.4, 0.5) is 4.79 Å². The van der Waals surface area contributed by atoms with Crippen molar-refractivity contribution in [1.82, 2.24) is 9.80 Å². The number of piperazine rings is 1. The van der Waals surface area contributed by atoms with Gasteiger partial charge >= 0.3 is 6.09 Å². The Morgan fingerprint density at radius 2 is 1.93 bits per heavy atom. The molecule has 0 aromatic heterocycles. The minimum Gasteiger partial charge on any atom is -0.491 e. The molecule has 2 fully saturated rings. The van der Waals surface area contributed by atoms with Crippen molar-refractivity contribution in [2.45, 2.75) is 71.2 Å². The second kappa shape index (κ2) is 7.63. The summed E-state index contributed by atoms with van der Waals surface area (Å²) in [6.45, 7) is 13.2. The van der Waals surface area contributed by atoms with Crippen molar-refractivity contribution < 1.29 is 14.3 Å². The van der Waals surface area contributed by atoms with Crippen LogP contribution in [-0.4, -0.2) is 52.8 Å². The molecule has 1 aliphatic carbocycles. The monoisotopic (exact) mass is 438 g/mol. The standard InChI is InChI=1S/C21H31BrN2O3/c1-15(2)26-18-11-16(10-17(22)12-18)13-23-8-9-24(21(14-23)6-7-21)19(25)27-20(3,4)5/h10-12,15H,6-9,13-14H2,1-5H3. The molecule has 1 saturated carbocycles. The summed E-state index contributed by atoms with van der Waals surface area (Å²) in [5.41, 5.74) is 0.735. The third-order valence-corrected chi connectivity index (χ3v) is 5.34. The highest BCUT2D eigenvalue weighted by molar-refractivity contribution is 9.10. The van der Waals surface area contributed by atoms with Gasteiger partial charge in [-0.05, 0) is 71.2 Å². The zero-order valence-corrected chi connectivity index (χ0v) is 18.6. The van der Waals surface area contributed by atoms with Crippen molar-refractivity contribution in [2.75, 3.05) is 19.6 Å². The molecule has 1 spiro atoms. The molecule has 2 aliphatic rings. The van der Waals surface area contributed by atoms with Crippen LogP contribution in [-0.2, 0) is 11.3 Å². The summed E-state index contributed by atoms with van der Waals surface area (Å²) in [5.74, 6) is 0.892. The number of benzene rings is 1. The molecule has 3 rings (SSSR count). The van der Waals surface area contributed by atoms with Gasteiger partial charge in [0.05, 0.1) is 11.6 Å². The highest BCUT2D eigenvalue weighted by Gasteiger charge is 2.54. The summed E-state index contributed by atoms with van der Waals surface area (Å²) in [5, 5.41) is 0. The Labute approximate surface area is 171 Å². The number of rotatable bonds is 4. The minimum absolute atomic E-state index is 0.0378. The number of nitrogens with zero attached hydrogens (tertiary/aromatic N) is 2. The van der Waals surface area contributed by atoms with Crippen LogP contribution in [0.15, 0.2) is 22.7 Å². The molecular formula is C21H31BrN2O3. The zero-order chi connectivity index (χ0) is 19.8. The number of carbonyl (C=O) groups excluding carboxylic acids is 1. The summed E-state index contributed by atoms with van der Waals surface area (Å²) >= 11 is 3.59. The van der Waals surface area contributed by atoms with E-state index in [0.717, 1.165) is 49.2 Å². The van der Waals surface area contributed by atoms with E-state index in [0.29, 0.717) is 0 Å². The second-order valence-electron chi connectivity index (χ2n) is 9.03. The maximum absolute atomic E-state index is 12.6. The molecular weight excluding hydrogens is 408 g/mol. The molecule has 0 bridgehead atoms. The van der Waals surface area contributed by atoms with Gasteiger partial charge in [-0.15, -0.1) is 0 Å². The normalized spacial score (nSPS) is 19.4. The van der Waals surface area contributed by atoms with Crippen molar-refractivity contribution in [3.63, 3.8) is 0 Å². The fourth-order valence-corrected chi connectivity index (χ4v) is 4.20. The molecule has 1 amide bonds. The lowest BCUT2D eigenvalue weighted by molar-refractivity contribution is -0.00808. The van der Waals surface area contributed by atoms with Gasteiger partial charge in [0.15, 0.2) is 0 Å². The van der Waals surface area contributed by atoms with Crippen LogP contribution in [0.1, 0.15) is 53.0 Å². The Balaban J connectivity index is 1.65. The summed E-state index contributed by atoms with van der Waals surface area (Å²) < 4.78 is 12.5. The van der Waals surface area contributed by atoms with Crippen molar-refractivity contribution in [3.8, 4) is 5.75 Å². The first-order chi connectivity index (χ1) is 12.6. The van der Waals surface area contributed by atoms with E-state index >= 15 is 0 Å². The lowest BCUT2D eigenvalue weighted by Gasteiger charge is -2.42. The molecule has 1 aromatic carbocycles. The summed E-state index contributed by atoms with van der Waals surface area (Å²) in [4.78, 5) is 17.0. The van der Waals surface area contributed by atoms with Gasteiger partial charge in [0.25, 0.3) is 0 Å². The van der Waals surface area contributed by atoms with Gasteiger partial charge in [-0.2, -0.15) is 0 Å². The molecule has 1 heterocycles. The highest BCUT2D eigenvalue weighted by Crippen LogP contribution is 2.45. The molecule has 0 atom stereocenters. The molecule has 150 valence electrons. The SMILES string of the molecule is CC(C)Oc1cc(Br)cc(CN2CCN(C(=O)OC(C)(C)C)C3(CC3)C2)c1. The van der Waals surface area contributed by atoms with E-state index in [1.807, 2.05) is 45.6 Å². The molecule has 1 saturated heterocycles. The molecule has 1 aromatic rings. The summed E-state index contributed by atoms with van der Waals surface area (Å²) in [7, 11) is 0. The van der Waals surface area contributed by atoms with Crippen LogP contribution in [0.5, 0.6) is 5.75 Å². The Bertz CT molecular complexity index is 695. The molecule has 0 radical (unpaired) electrons. The average molecular weight is 439 g/mol. The van der Waals surface area contributed by atoms with E-state index in [4.69, 9.17) is 9.47 Å². The van der Waals surface area contributed by atoms with E-state index in [1.165, 1.54) is 5.56 Å². The first-order valence-electron chi connectivity index (χ1n) is 9.75. The van der Waals surface area contributed by atoms with Crippen LogP contribution >= 0.6 is 15.9 Å². The van der Waals surface area contributed by atoms with Crippen molar-refractivity contribution >= 4 is 22.0 Å². The molecule has 5 nitrogen and oxygen atoms in total. The third kappa shape index (κ3) is 5.38. The van der Waals surface area contributed by atoms with Gasteiger partial charge in [-0.3, -0.25) is 9.80 Å². The van der Waals surface area contributed by atoms with Crippen LogP contribution in [0, 0.1) is 0 Å². The summed E-state index contributed by atoms with van der Waals surface area (Å²) in [6, 6.07) is 6.27. The topological polar surface area (TPSA) is 42.0 Å². The number of ether oxygens (including phenoxy) is 2. The summed E-state index contributed by atoms with van der Waals surface area (Å²) in [6.07, 6.45) is 2.10. The van der Waals surface area contributed by atoms with Crippen LogP contribution in [0.2, 0.25) is 0 Å². The fourth-order valence-electron chi connectivity index (χ4n) is 3.68. The average Bonchev–Trinajstić information content (AvgIpc) is 3.23. The fraction of sp³-hybridized carbons (Fsp3) is 0.667. The Hall–Kier alpha value is -1.27. The predicted octanol–water partition coefficient (Wildman–Crippen LogP) is 4.82. The van der Waals surface area contributed by atoms with Gasteiger partial charge < -0.3 is 9.47 Å². The van der Waals surface area contributed by atoms with E-state index in [-0.39, 0.29) is 17.7 Å². The lowest BCUT2D eigenvalue weighted by Crippen LogP contribution is -2.57. The zero-order valence-electron chi connectivity index (χ0n) is 17.0. The number of carbonyl (C=O) groups is 1. The van der Waals surface area contributed by atoms with E-state index in [1.54, 1.807) is 0 Å². The maximum atomic E-state index is 12.6. The van der Waals surface area contributed by atoms with Crippen molar-refractivity contribution in [2.24, 2.45) is 0 Å². The number of halogens is 1. The van der Waals surface area contributed by atoms with Crippen LogP contribution in [0.3, 0.4) is 0 Å². The Morgan fingerprint density at radius 1 is 1.22 bits per heavy atom. The first kappa shape index (κ1) is 20.5. The van der Waals surface area contributed by atoms with Gasteiger partial charge in [0.1, 0.15) is 11.4 Å². The van der Waals surface area contributed by atoms with E-state index < -0.39 is 5.60 Å². The molecule has 0 unspecified atom stereocenters. The van der Waals surface area contributed by atoms with Crippen LogP contribution < -0.4 is 4.74 Å². The minimum atomic E-state index is -0.451. The van der Waals surface area contributed by atoms with Gasteiger partial charge in [0, 0.05) is 30.7 Å². The molecule has 0 N–H and O–H groups in total. The number of hydrogen-bond donors (Lipinski definition) is 0. The number of hydrogen-bond acceptors (Lipinski definition) is 4. The third-order valence-electron chi connectivity index (χ3n) is 4.88. The first-order valence-corrected chi connectivity index (χ1v) is 10.5. The molecule has 1 aliphatic heterocycles.